The number of anilines is 2. The van der Waals surface area contributed by atoms with Gasteiger partial charge in [-0.1, -0.05) is 18.2 Å². The van der Waals surface area contributed by atoms with Gasteiger partial charge in [0.15, 0.2) is 5.82 Å². The smallest absolute Gasteiger partial charge is 0.319 e. The number of urea groups is 1. The molecule has 9 heteroatoms. The summed E-state index contributed by atoms with van der Waals surface area (Å²) in [6.45, 7) is 3.48. The number of hydrogen-bond acceptors (Lipinski definition) is 7. The number of nitrogens with zero attached hydrogens (tertiary/aromatic N) is 3. The van der Waals surface area contributed by atoms with Crippen molar-refractivity contribution in [3.8, 4) is 11.4 Å². The molecule has 2 aliphatic rings. The van der Waals surface area contributed by atoms with Gasteiger partial charge in [0, 0.05) is 48.5 Å². The zero-order valence-electron chi connectivity index (χ0n) is 20.2. The number of carbonyl (C=O) groups excluding carboxylic acids is 1. The van der Waals surface area contributed by atoms with Crippen molar-refractivity contribution in [1.29, 1.82) is 0 Å². The molecule has 1 aliphatic heterocycles. The maximum atomic E-state index is 12.0. The number of aliphatic hydroxyl groups is 1. The van der Waals surface area contributed by atoms with Crippen LogP contribution in [-0.4, -0.2) is 60.6 Å². The van der Waals surface area contributed by atoms with Gasteiger partial charge in [0.25, 0.3) is 0 Å². The number of aliphatic hydroxyl groups excluding tert-OH is 1. The lowest BCUT2D eigenvalue weighted by Crippen LogP contribution is -2.37. The predicted octanol–water partition coefficient (Wildman–Crippen LogP) is 4.27. The maximum absolute atomic E-state index is 12.0. The lowest BCUT2D eigenvalue weighted by atomic mass is 10.1. The van der Waals surface area contributed by atoms with E-state index in [4.69, 9.17) is 19.8 Å². The van der Waals surface area contributed by atoms with Crippen molar-refractivity contribution >= 4 is 29.3 Å². The van der Waals surface area contributed by atoms with Gasteiger partial charge in [0.1, 0.15) is 5.82 Å². The molecule has 5 rings (SSSR count). The van der Waals surface area contributed by atoms with Crippen LogP contribution in [0.4, 0.5) is 16.3 Å². The lowest BCUT2D eigenvalue weighted by molar-refractivity contribution is 0.122. The zero-order chi connectivity index (χ0) is 24.8. The Kier molecular flexibility index (Phi) is 7.69. The fraction of sp³-hybridized carbons (Fsp3) is 0.370. The summed E-state index contributed by atoms with van der Waals surface area (Å²) < 4.78 is 5.53. The Morgan fingerprint density at radius 1 is 1.06 bits per heavy atom. The van der Waals surface area contributed by atoms with E-state index in [1.54, 1.807) is 0 Å². The second-order valence-corrected chi connectivity index (χ2v) is 10.4. The molecule has 2 heterocycles. The Balaban J connectivity index is 1.40. The Bertz CT molecular complexity index is 1170. The lowest BCUT2D eigenvalue weighted by Gasteiger charge is -2.29. The molecule has 8 nitrogen and oxygen atoms in total. The topological polar surface area (TPSA) is 99.6 Å². The van der Waals surface area contributed by atoms with Gasteiger partial charge in [0.05, 0.1) is 23.7 Å². The monoisotopic (exact) mass is 505 g/mol. The summed E-state index contributed by atoms with van der Waals surface area (Å²) in [6.07, 6.45) is 2.69. The van der Waals surface area contributed by atoms with Crippen LogP contribution >= 0.6 is 11.8 Å². The maximum Gasteiger partial charge on any atom is 0.319 e. The van der Waals surface area contributed by atoms with E-state index < -0.39 is 0 Å². The third-order valence-corrected chi connectivity index (χ3v) is 7.81. The minimum atomic E-state index is -0.294. The second-order valence-electron chi connectivity index (χ2n) is 8.98. The second kappa shape index (κ2) is 11.3. The summed E-state index contributed by atoms with van der Waals surface area (Å²) >= 11 is 1.88. The van der Waals surface area contributed by atoms with Crippen molar-refractivity contribution < 1.29 is 14.6 Å². The predicted molar refractivity (Wildman–Crippen MR) is 142 cm³/mol. The van der Waals surface area contributed by atoms with E-state index in [0.717, 1.165) is 43.0 Å². The van der Waals surface area contributed by atoms with Crippen molar-refractivity contribution in [3.05, 3.63) is 66.4 Å². The van der Waals surface area contributed by atoms with Gasteiger partial charge in [-0.25, -0.2) is 14.8 Å². The van der Waals surface area contributed by atoms with Crippen LogP contribution in [0.5, 0.6) is 0 Å². The summed E-state index contributed by atoms with van der Waals surface area (Å²) in [5, 5.41) is 14.4. The van der Waals surface area contributed by atoms with Crippen LogP contribution in [0.25, 0.3) is 11.4 Å². The van der Waals surface area contributed by atoms with Crippen molar-refractivity contribution in [2.45, 2.75) is 28.9 Å². The van der Waals surface area contributed by atoms with Crippen LogP contribution in [0.2, 0.25) is 0 Å². The minimum absolute atomic E-state index is 0.0335. The summed E-state index contributed by atoms with van der Waals surface area (Å²) in [4.78, 5) is 25.5. The number of ether oxygens (including phenoxy) is 1. The first kappa shape index (κ1) is 24.5. The number of amides is 2. The Labute approximate surface area is 215 Å². The fourth-order valence-corrected chi connectivity index (χ4v) is 5.41. The van der Waals surface area contributed by atoms with E-state index in [0.29, 0.717) is 37.7 Å². The molecule has 2 aromatic carbocycles. The molecule has 0 unspecified atom stereocenters. The molecule has 1 saturated carbocycles. The number of nitrogens with one attached hydrogen (secondary N) is 2. The van der Waals surface area contributed by atoms with E-state index in [2.05, 4.69) is 45.9 Å². The average molecular weight is 506 g/mol. The quantitative estimate of drug-likeness (QED) is 0.374. The SMILES string of the molecule is O=C(NCCCO)Nc1ccc(-c2nc(N3CCOCC3)cc(C3(Sc4ccccc4)CC3)n2)cc1. The Morgan fingerprint density at radius 3 is 2.50 bits per heavy atom. The van der Waals surface area contributed by atoms with Crippen LogP contribution in [0.3, 0.4) is 0 Å². The van der Waals surface area contributed by atoms with Crippen molar-refractivity contribution in [3.63, 3.8) is 0 Å². The van der Waals surface area contributed by atoms with Crippen molar-refractivity contribution in [2.75, 3.05) is 49.7 Å². The van der Waals surface area contributed by atoms with Gasteiger partial charge in [0.2, 0.25) is 0 Å². The molecular weight excluding hydrogens is 474 g/mol. The molecule has 0 atom stereocenters. The molecule has 2 amide bonds. The van der Waals surface area contributed by atoms with E-state index >= 15 is 0 Å². The van der Waals surface area contributed by atoms with Crippen LogP contribution < -0.4 is 15.5 Å². The minimum Gasteiger partial charge on any atom is -0.396 e. The van der Waals surface area contributed by atoms with E-state index in [9.17, 15) is 4.79 Å². The average Bonchev–Trinajstić information content (AvgIpc) is 3.71. The largest absolute Gasteiger partial charge is 0.396 e. The molecule has 0 radical (unpaired) electrons. The first-order valence-corrected chi connectivity index (χ1v) is 13.2. The fourth-order valence-electron chi connectivity index (χ4n) is 4.15. The van der Waals surface area contributed by atoms with Crippen LogP contribution in [-0.2, 0) is 9.48 Å². The van der Waals surface area contributed by atoms with E-state index in [-0.39, 0.29) is 17.4 Å². The van der Waals surface area contributed by atoms with Gasteiger partial charge in [-0.2, -0.15) is 0 Å². The molecule has 2 fully saturated rings. The van der Waals surface area contributed by atoms with Crippen LogP contribution in [0.1, 0.15) is 25.0 Å². The molecule has 1 aromatic heterocycles. The highest BCUT2D eigenvalue weighted by Gasteiger charge is 2.47. The first-order chi connectivity index (χ1) is 17.6. The van der Waals surface area contributed by atoms with Gasteiger partial charge in [-0.15, -0.1) is 11.8 Å². The van der Waals surface area contributed by atoms with E-state index in [1.807, 2.05) is 42.1 Å². The van der Waals surface area contributed by atoms with Crippen molar-refractivity contribution in [1.82, 2.24) is 15.3 Å². The van der Waals surface area contributed by atoms with Gasteiger partial charge in [-0.3, -0.25) is 0 Å². The highest BCUT2D eigenvalue weighted by atomic mass is 32.2. The number of rotatable bonds is 9. The third-order valence-electron chi connectivity index (χ3n) is 6.30. The summed E-state index contributed by atoms with van der Waals surface area (Å²) in [5.74, 6) is 1.62. The Hall–Kier alpha value is -3.14. The molecule has 3 aromatic rings. The highest BCUT2D eigenvalue weighted by Crippen LogP contribution is 2.59. The van der Waals surface area contributed by atoms with Gasteiger partial charge >= 0.3 is 6.03 Å². The molecule has 1 saturated heterocycles. The van der Waals surface area contributed by atoms with Crippen LogP contribution in [0, 0.1) is 0 Å². The number of morpholine rings is 1. The number of thioether (sulfide) groups is 1. The van der Waals surface area contributed by atoms with Crippen molar-refractivity contribution in [2.24, 2.45) is 0 Å². The number of hydrogen-bond donors (Lipinski definition) is 3. The van der Waals surface area contributed by atoms with E-state index in [1.165, 1.54) is 4.90 Å². The molecular formula is C27H31N5O3S. The number of aromatic nitrogens is 2. The third kappa shape index (κ3) is 5.98. The molecule has 1 aliphatic carbocycles. The molecule has 0 bridgehead atoms. The Morgan fingerprint density at radius 2 is 1.81 bits per heavy atom. The normalized spacial score (nSPS) is 16.4. The van der Waals surface area contributed by atoms with Crippen LogP contribution in [0.15, 0.2) is 65.6 Å². The molecule has 3 N–H and O–H groups in total. The number of benzene rings is 2. The highest BCUT2D eigenvalue weighted by molar-refractivity contribution is 8.00. The van der Waals surface area contributed by atoms with Gasteiger partial charge < -0.3 is 25.4 Å². The standard InChI is InChI=1S/C27H31N5O3S/c33-16-4-13-28-26(34)29-21-9-7-20(8-10-21)25-30-23(19-24(31-25)32-14-17-35-18-15-32)27(11-12-27)36-22-5-2-1-3-6-22/h1-3,5-10,19,33H,4,11-18H2,(H2,28,29,34). The number of carbonyl (C=O) groups is 1. The molecule has 36 heavy (non-hydrogen) atoms. The molecule has 188 valence electrons. The zero-order valence-corrected chi connectivity index (χ0v) is 21.0. The summed E-state index contributed by atoms with van der Waals surface area (Å²) in [6, 6.07) is 20.0. The summed E-state index contributed by atoms with van der Waals surface area (Å²) in [5.41, 5.74) is 2.65. The van der Waals surface area contributed by atoms with Gasteiger partial charge in [-0.05, 0) is 55.7 Å². The first-order valence-electron chi connectivity index (χ1n) is 12.4. The summed E-state index contributed by atoms with van der Waals surface area (Å²) in [7, 11) is 0. The molecule has 0 spiro atoms.